The summed E-state index contributed by atoms with van der Waals surface area (Å²) in [6, 6.07) is 0. The van der Waals surface area contributed by atoms with Crippen molar-refractivity contribution in [3.63, 3.8) is 0 Å². The van der Waals surface area contributed by atoms with Crippen molar-refractivity contribution >= 4 is 62.6 Å². The SMILES string of the molecule is O=C(O)CC1CC(Br)N(NC(=O)C(Cl)(Cl)Cl)O1. The maximum Gasteiger partial charge on any atom is 0.306 e. The molecule has 1 heterocycles. The van der Waals surface area contributed by atoms with Crippen LogP contribution >= 0.6 is 50.7 Å². The maximum absolute atomic E-state index is 11.3. The first-order valence-corrected chi connectivity index (χ1v) is 6.44. The van der Waals surface area contributed by atoms with E-state index in [0.717, 1.165) is 5.17 Å². The molecular weight excluding hydrogens is 362 g/mol. The lowest BCUT2D eigenvalue weighted by Crippen LogP contribution is -2.47. The summed E-state index contributed by atoms with van der Waals surface area (Å²) in [4.78, 5) is 26.6. The number of rotatable bonds is 3. The van der Waals surface area contributed by atoms with Crippen LogP contribution in [0.4, 0.5) is 0 Å². The molecule has 2 unspecified atom stereocenters. The number of nitrogens with zero attached hydrogens (tertiary/aromatic N) is 1. The van der Waals surface area contributed by atoms with E-state index in [2.05, 4.69) is 21.4 Å². The van der Waals surface area contributed by atoms with Crippen molar-refractivity contribution < 1.29 is 19.5 Å². The third kappa shape index (κ3) is 4.76. The Morgan fingerprint density at radius 1 is 1.53 bits per heavy atom. The standard InChI is InChI=1S/C7H8BrCl3N2O4/c8-4-1-3(2-5(14)15)17-13(4)12-6(16)7(9,10)11/h3-4H,1-2H2,(H,12,16)(H,14,15). The van der Waals surface area contributed by atoms with Gasteiger partial charge in [0.2, 0.25) is 0 Å². The Kier molecular flexibility index (Phi) is 5.30. The predicted octanol–water partition coefficient (Wildman–Crippen LogP) is 1.59. The Labute approximate surface area is 120 Å². The number of hydrazine groups is 1. The molecule has 1 fully saturated rings. The van der Waals surface area contributed by atoms with E-state index in [1.54, 1.807) is 0 Å². The fourth-order valence-electron chi connectivity index (χ4n) is 1.16. The fraction of sp³-hybridized carbons (Fsp3) is 0.714. The minimum atomic E-state index is -2.11. The molecule has 0 aromatic heterocycles. The molecule has 1 saturated heterocycles. The summed E-state index contributed by atoms with van der Waals surface area (Å²) in [5.74, 6) is -1.88. The van der Waals surface area contributed by atoms with E-state index in [1.807, 2.05) is 0 Å². The van der Waals surface area contributed by atoms with E-state index < -0.39 is 21.8 Å². The van der Waals surface area contributed by atoms with E-state index in [4.69, 9.17) is 44.7 Å². The van der Waals surface area contributed by atoms with Gasteiger partial charge in [-0.15, -0.1) is 0 Å². The monoisotopic (exact) mass is 368 g/mol. The molecule has 0 spiro atoms. The molecule has 0 aliphatic carbocycles. The Balaban J connectivity index is 2.51. The number of carbonyl (C=O) groups excluding carboxylic acids is 1. The zero-order valence-electron chi connectivity index (χ0n) is 8.20. The number of hydroxylamine groups is 1. The number of carboxylic acid groups (broad SMARTS) is 1. The van der Waals surface area contributed by atoms with Crippen molar-refractivity contribution in [2.24, 2.45) is 0 Å². The van der Waals surface area contributed by atoms with Crippen LogP contribution in [0.2, 0.25) is 0 Å². The molecule has 1 aliphatic heterocycles. The smallest absolute Gasteiger partial charge is 0.306 e. The third-order valence-corrected chi connectivity index (χ3v) is 3.11. The first-order chi connectivity index (χ1) is 7.70. The van der Waals surface area contributed by atoms with Gasteiger partial charge in [-0.2, -0.15) is 0 Å². The van der Waals surface area contributed by atoms with Gasteiger partial charge in [0, 0.05) is 6.42 Å². The van der Waals surface area contributed by atoms with Crippen LogP contribution in [0.3, 0.4) is 0 Å². The largest absolute Gasteiger partial charge is 0.481 e. The molecule has 1 aliphatic rings. The van der Waals surface area contributed by atoms with Crippen molar-refractivity contribution in [3.8, 4) is 0 Å². The summed E-state index contributed by atoms with van der Waals surface area (Å²) >= 11 is 19.3. The maximum atomic E-state index is 11.3. The highest BCUT2D eigenvalue weighted by Gasteiger charge is 2.38. The molecule has 98 valence electrons. The Morgan fingerprint density at radius 2 is 2.12 bits per heavy atom. The summed E-state index contributed by atoms with van der Waals surface area (Å²) in [6.45, 7) is 0. The quantitative estimate of drug-likeness (QED) is 0.583. The highest BCUT2D eigenvalue weighted by Crippen LogP contribution is 2.29. The number of nitrogens with one attached hydrogen (secondary N) is 1. The van der Waals surface area contributed by atoms with E-state index >= 15 is 0 Å². The van der Waals surface area contributed by atoms with Gasteiger partial charge in [-0.25, -0.2) is 0 Å². The molecule has 0 aromatic carbocycles. The summed E-state index contributed by atoms with van der Waals surface area (Å²) in [5.41, 5.74) is 2.21. The summed E-state index contributed by atoms with van der Waals surface area (Å²) in [7, 11) is 0. The zero-order chi connectivity index (χ0) is 13.2. The molecule has 2 N–H and O–H groups in total. The van der Waals surface area contributed by atoms with Gasteiger partial charge in [0.25, 0.3) is 9.70 Å². The van der Waals surface area contributed by atoms with E-state index in [1.165, 1.54) is 0 Å². The molecule has 10 heteroatoms. The Bertz CT molecular complexity index is 325. The second kappa shape index (κ2) is 5.90. The van der Waals surface area contributed by atoms with Crippen LogP contribution in [0.5, 0.6) is 0 Å². The average Bonchev–Trinajstić information content (AvgIpc) is 2.43. The number of amides is 1. The number of alkyl halides is 4. The molecule has 1 rings (SSSR count). The van der Waals surface area contributed by atoms with E-state index in [-0.39, 0.29) is 11.4 Å². The van der Waals surface area contributed by atoms with Gasteiger partial charge in [-0.1, -0.05) is 55.9 Å². The zero-order valence-corrected chi connectivity index (χ0v) is 12.1. The van der Waals surface area contributed by atoms with Crippen LogP contribution in [-0.4, -0.2) is 37.0 Å². The Morgan fingerprint density at radius 3 is 2.59 bits per heavy atom. The van der Waals surface area contributed by atoms with Gasteiger partial charge in [-0.05, 0) is 0 Å². The van der Waals surface area contributed by atoms with Crippen molar-refractivity contribution in [3.05, 3.63) is 0 Å². The van der Waals surface area contributed by atoms with Gasteiger partial charge in [0.05, 0.1) is 12.5 Å². The highest BCUT2D eigenvalue weighted by molar-refractivity contribution is 9.09. The summed E-state index contributed by atoms with van der Waals surface area (Å²) in [6.07, 6.45) is -0.346. The molecule has 0 saturated carbocycles. The predicted molar refractivity (Wildman–Crippen MR) is 64.7 cm³/mol. The summed E-state index contributed by atoms with van der Waals surface area (Å²) in [5, 5.41) is 9.62. The van der Waals surface area contributed by atoms with Crippen LogP contribution < -0.4 is 5.43 Å². The number of carbonyl (C=O) groups is 2. The second-order valence-corrected chi connectivity index (χ2v) is 6.60. The molecular formula is C7H8BrCl3N2O4. The minimum absolute atomic E-state index is 0.178. The van der Waals surface area contributed by atoms with Crippen molar-refractivity contribution in [1.82, 2.24) is 10.6 Å². The third-order valence-electron chi connectivity index (χ3n) is 1.85. The van der Waals surface area contributed by atoms with Crippen molar-refractivity contribution in [2.75, 3.05) is 0 Å². The molecule has 2 atom stereocenters. The van der Waals surface area contributed by atoms with Crippen LogP contribution in [0.25, 0.3) is 0 Å². The first kappa shape index (κ1) is 15.3. The lowest BCUT2D eigenvalue weighted by atomic mass is 10.2. The number of hydrogen-bond donors (Lipinski definition) is 2. The molecule has 0 radical (unpaired) electrons. The molecule has 17 heavy (non-hydrogen) atoms. The van der Waals surface area contributed by atoms with Gasteiger partial charge < -0.3 is 5.11 Å². The topological polar surface area (TPSA) is 78.9 Å². The van der Waals surface area contributed by atoms with Gasteiger partial charge in [-0.3, -0.25) is 19.9 Å². The number of aliphatic carboxylic acids is 1. The van der Waals surface area contributed by atoms with E-state index in [0.29, 0.717) is 6.42 Å². The fourth-order valence-corrected chi connectivity index (χ4v) is 1.90. The van der Waals surface area contributed by atoms with E-state index in [9.17, 15) is 9.59 Å². The van der Waals surface area contributed by atoms with Crippen LogP contribution in [0.1, 0.15) is 12.8 Å². The average molecular weight is 370 g/mol. The van der Waals surface area contributed by atoms with Gasteiger partial charge in [0.1, 0.15) is 4.95 Å². The second-order valence-electron chi connectivity index (χ2n) is 3.26. The normalized spacial score (nSPS) is 25.9. The van der Waals surface area contributed by atoms with Gasteiger partial charge in [0.15, 0.2) is 0 Å². The van der Waals surface area contributed by atoms with Crippen LogP contribution in [0, 0.1) is 0 Å². The molecule has 6 nitrogen and oxygen atoms in total. The minimum Gasteiger partial charge on any atom is -0.481 e. The Hall–Kier alpha value is 0.210. The first-order valence-electron chi connectivity index (χ1n) is 4.40. The molecule has 1 amide bonds. The molecule has 0 bridgehead atoms. The van der Waals surface area contributed by atoms with Crippen LogP contribution in [-0.2, 0) is 14.4 Å². The number of hydrogen-bond acceptors (Lipinski definition) is 4. The van der Waals surface area contributed by atoms with Crippen LogP contribution in [0.15, 0.2) is 0 Å². The lowest BCUT2D eigenvalue weighted by Gasteiger charge is -2.21. The molecule has 0 aromatic rings. The van der Waals surface area contributed by atoms with Crippen molar-refractivity contribution in [2.45, 2.75) is 27.7 Å². The summed E-state index contributed by atoms with van der Waals surface area (Å²) < 4.78 is -2.11. The lowest BCUT2D eigenvalue weighted by molar-refractivity contribution is -0.193. The highest BCUT2D eigenvalue weighted by atomic mass is 79.9. The van der Waals surface area contributed by atoms with Crippen molar-refractivity contribution in [1.29, 1.82) is 0 Å². The number of halogens is 4. The number of carboxylic acids is 1. The van der Waals surface area contributed by atoms with Gasteiger partial charge >= 0.3 is 5.97 Å².